The van der Waals surface area contributed by atoms with Crippen molar-refractivity contribution < 1.29 is 18.7 Å². The van der Waals surface area contributed by atoms with Crippen molar-refractivity contribution in [3.05, 3.63) is 59.7 Å². The van der Waals surface area contributed by atoms with Gasteiger partial charge in [-0.25, -0.2) is 14.6 Å². The number of hydrogen-bond donors (Lipinski definition) is 2. The number of carbonyl (C=O) groups excluding carboxylic acids is 2. The van der Waals surface area contributed by atoms with Gasteiger partial charge in [-0.3, -0.25) is 9.59 Å². The molecule has 1 aromatic carbocycles. The summed E-state index contributed by atoms with van der Waals surface area (Å²) in [6.07, 6.45) is 5.65. The number of pyridine rings is 1. The first-order valence-corrected chi connectivity index (χ1v) is 11.6. The van der Waals surface area contributed by atoms with Gasteiger partial charge in [0.2, 0.25) is 5.89 Å². The normalized spacial score (nSPS) is 15.7. The third-order valence-electron chi connectivity index (χ3n) is 6.00. The van der Waals surface area contributed by atoms with E-state index in [2.05, 4.69) is 25.7 Å². The fraction of sp³-hybridized carbons (Fsp3) is 0.320. The lowest BCUT2D eigenvalue weighted by Crippen LogP contribution is -2.31. The molecule has 1 aliphatic rings. The quantitative estimate of drug-likeness (QED) is 0.390. The lowest BCUT2D eigenvalue weighted by atomic mass is 10.1. The van der Waals surface area contributed by atoms with Crippen LogP contribution >= 0.6 is 0 Å². The van der Waals surface area contributed by atoms with Crippen LogP contribution in [-0.4, -0.2) is 44.3 Å². The Balaban J connectivity index is 1.42. The second kappa shape index (κ2) is 9.57. The highest BCUT2D eigenvalue weighted by atomic mass is 16.5. The van der Waals surface area contributed by atoms with Gasteiger partial charge < -0.3 is 19.8 Å². The van der Waals surface area contributed by atoms with Crippen molar-refractivity contribution in [2.75, 3.05) is 11.9 Å². The van der Waals surface area contributed by atoms with Gasteiger partial charge in [-0.15, -0.1) is 0 Å². The van der Waals surface area contributed by atoms with E-state index in [0.717, 1.165) is 16.5 Å². The zero-order valence-corrected chi connectivity index (χ0v) is 19.6. The molecule has 0 radical (unpaired) electrons. The minimum Gasteiger partial charge on any atom is -0.466 e. The molecule has 10 nitrogen and oxygen atoms in total. The molecule has 2 N–H and O–H groups in total. The van der Waals surface area contributed by atoms with Crippen LogP contribution in [0.2, 0.25) is 0 Å². The molecule has 0 bridgehead atoms. The van der Waals surface area contributed by atoms with Gasteiger partial charge in [0.25, 0.3) is 5.91 Å². The van der Waals surface area contributed by atoms with Gasteiger partial charge >= 0.3 is 5.97 Å². The van der Waals surface area contributed by atoms with Crippen molar-refractivity contribution in [1.82, 2.24) is 25.1 Å². The van der Waals surface area contributed by atoms with Gasteiger partial charge in [-0.05, 0) is 19.4 Å². The Morgan fingerprint density at radius 1 is 1.23 bits per heavy atom. The van der Waals surface area contributed by atoms with E-state index in [0.29, 0.717) is 43.0 Å². The standard InChI is InChI=1S/C25H26N6O4/c1-3-31-23-18(13-28-31)22(29-17-8-9-34-21(32)10-17)19(12-26-23)25-30-20(14-35-25)24(33)27-11-16-6-4-15(2)5-7-16/h4-7,12-14,17H,3,8-11H2,1-2H3,(H,26,29)(H,27,33). The van der Waals surface area contributed by atoms with Crippen molar-refractivity contribution in [2.45, 2.75) is 45.8 Å². The minimum absolute atomic E-state index is 0.113. The lowest BCUT2D eigenvalue weighted by molar-refractivity contribution is -0.147. The van der Waals surface area contributed by atoms with Gasteiger partial charge in [0.1, 0.15) is 6.26 Å². The molecule has 10 heteroatoms. The van der Waals surface area contributed by atoms with Crippen molar-refractivity contribution in [2.24, 2.45) is 0 Å². The second-order valence-corrected chi connectivity index (χ2v) is 8.51. The molecule has 5 rings (SSSR count). The van der Waals surface area contributed by atoms with Gasteiger partial charge in [0, 0.05) is 31.7 Å². The maximum Gasteiger partial charge on any atom is 0.307 e. The summed E-state index contributed by atoms with van der Waals surface area (Å²) < 4.78 is 12.6. The number of nitrogens with zero attached hydrogens (tertiary/aromatic N) is 4. The first kappa shape index (κ1) is 22.6. The number of cyclic esters (lactones) is 1. The number of esters is 1. The molecule has 1 amide bonds. The number of nitrogens with one attached hydrogen (secondary N) is 2. The average molecular weight is 475 g/mol. The van der Waals surface area contributed by atoms with Crippen LogP contribution in [0.4, 0.5) is 5.69 Å². The maximum absolute atomic E-state index is 12.7. The second-order valence-electron chi connectivity index (χ2n) is 8.51. The van der Waals surface area contributed by atoms with E-state index < -0.39 is 0 Å². The number of ether oxygens (including phenoxy) is 1. The van der Waals surface area contributed by atoms with E-state index in [1.54, 1.807) is 17.1 Å². The van der Waals surface area contributed by atoms with Crippen molar-refractivity contribution >= 4 is 28.6 Å². The van der Waals surface area contributed by atoms with Crippen molar-refractivity contribution in [3.8, 4) is 11.5 Å². The SMILES string of the molecule is CCn1ncc2c(NC3CCOC(=O)C3)c(-c3nc(C(=O)NCc4ccc(C)cc4)co3)cnc21. The van der Waals surface area contributed by atoms with E-state index in [9.17, 15) is 9.59 Å². The van der Waals surface area contributed by atoms with Crippen LogP contribution < -0.4 is 10.6 Å². The molecule has 1 unspecified atom stereocenters. The molecule has 0 saturated carbocycles. The number of amides is 1. The molecule has 3 aromatic heterocycles. The molecule has 4 aromatic rings. The molecule has 0 spiro atoms. The average Bonchev–Trinajstić information content (AvgIpc) is 3.51. The maximum atomic E-state index is 12.7. The van der Waals surface area contributed by atoms with Crippen molar-refractivity contribution in [1.29, 1.82) is 0 Å². The van der Waals surface area contributed by atoms with Gasteiger partial charge in [0.15, 0.2) is 11.3 Å². The number of hydrogen-bond acceptors (Lipinski definition) is 8. The third-order valence-corrected chi connectivity index (χ3v) is 6.00. The number of carbonyl (C=O) groups is 2. The van der Waals surface area contributed by atoms with Gasteiger partial charge in [0.05, 0.1) is 35.9 Å². The number of fused-ring (bicyclic) bond motifs is 1. The van der Waals surface area contributed by atoms with Gasteiger partial charge in [-0.2, -0.15) is 5.10 Å². The number of benzene rings is 1. The van der Waals surface area contributed by atoms with Crippen LogP contribution in [0.15, 0.2) is 47.3 Å². The predicted octanol–water partition coefficient (Wildman–Crippen LogP) is 3.46. The zero-order chi connectivity index (χ0) is 24.4. The van der Waals surface area contributed by atoms with E-state index in [1.165, 1.54) is 6.26 Å². The fourth-order valence-electron chi connectivity index (χ4n) is 4.06. The summed E-state index contributed by atoms with van der Waals surface area (Å²) in [5, 5.41) is 11.5. The molecule has 1 saturated heterocycles. The Morgan fingerprint density at radius 3 is 2.83 bits per heavy atom. The van der Waals surface area contributed by atoms with Crippen LogP contribution in [0.3, 0.4) is 0 Å². The molecule has 180 valence electrons. The molecule has 1 atom stereocenters. The largest absolute Gasteiger partial charge is 0.466 e. The molecule has 0 aliphatic carbocycles. The fourth-order valence-corrected chi connectivity index (χ4v) is 4.06. The van der Waals surface area contributed by atoms with E-state index in [1.807, 2.05) is 38.1 Å². The molecular weight excluding hydrogens is 448 g/mol. The summed E-state index contributed by atoms with van der Waals surface area (Å²) in [4.78, 5) is 33.5. The topological polar surface area (TPSA) is 124 Å². The number of anilines is 1. The number of aryl methyl sites for hydroxylation is 2. The summed E-state index contributed by atoms with van der Waals surface area (Å²) in [6.45, 7) is 5.41. The first-order chi connectivity index (χ1) is 17.0. The Kier molecular flexibility index (Phi) is 6.17. The molecule has 1 fully saturated rings. The summed E-state index contributed by atoms with van der Waals surface area (Å²) >= 11 is 0. The van der Waals surface area contributed by atoms with Crippen LogP contribution in [0.25, 0.3) is 22.5 Å². The van der Waals surface area contributed by atoms with Crippen LogP contribution in [0.1, 0.15) is 41.4 Å². The number of oxazole rings is 1. The Morgan fingerprint density at radius 2 is 2.06 bits per heavy atom. The van der Waals surface area contributed by atoms with Gasteiger partial charge in [-0.1, -0.05) is 29.8 Å². The monoisotopic (exact) mass is 474 g/mol. The van der Waals surface area contributed by atoms with E-state index in [4.69, 9.17) is 9.15 Å². The third kappa shape index (κ3) is 4.72. The Hall–Kier alpha value is -4.21. The van der Waals surface area contributed by atoms with Crippen LogP contribution in [0, 0.1) is 6.92 Å². The van der Waals surface area contributed by atoms with E-state index in [-0.39, 0.29) is 35.9 Å². The van der Waals surface area contributed by atoms with E-state index >= 15 is 0 Å². The first-order valence-electron chi connectivity index (χ1n) is 11.6. The highest BCUT2D eigenvalue weighted by Crippen LogP contribution is 2.34. The summed E-state index contributed by atoms with van der Waals surface area (Å²) in [7, 11) is 0. The molecule has 1 aliphatic heterocycles. The van der Waals surface area contributed by atoms with Crippen LogP contribution in [-0.2, 0) is 22.6 Å². The Labute approximate surface area is 201 Å². The highest BCUT2D eigenvalue weighted by Gasteiger charge is 2.25. The minimum atomic E-state index is -0.335. The number of rotatable bonds is 7. The molecule has 4 heterocycles. The summed E-state index contributed by atoms with van der Waals surface area (Å²) in [6, 6.07) is 7.83. The summed E-state index contributed by atoms with van der Waals surface area (Å²) in [5.74, 6) is -0.323. The lowest BCUT2D eigenvalue weighted by Gasteiger charge is -2.24. The highest BCUT2D eigenvalue weighted by molar-refractivity contribution is 5.98. The smallest absolute Gasteiger partial charge is 0.307 e. The predicted molar refractivity (Wildman–Crippen MR) is 129 cm³/mol. The molecule has 35 heavy (non-hydrogen) atoms. The van der Waals surface area contributed by atoms with Crippen LogP contribution in [0.5, 0.6) is 0 Å². The zero-order valence-electron chi connectivity index (χ0n) is 19.6. The number of aromatic nitrogens is 4. The van der Waals surface area contributed by atoms with Crippen molar-refractivity contribution in [3.63, 3.8) is 0 Å². The Bertz CT molecular complexity index is 1370. The molecular formula is C25H26N6O4. The summed E-state index contributed by atoms with van der Waals surface area (Å²) in [5.41, 5.74) is 4.33.